The van der Waals surface area contributed by atoms with Crippen LogP contribution in [0.3, 0.4) is 0 Å². The molecule has 0 atom stereocenters. The molecule has 0 radical (unpaired) electrons. The van der Waals surface area contributed by atoms with E-state index in [0.717, 1.165) is 12.1 Å². The van der Waals surface area contributed by atoms with E-state index >= 15 is 0 Å². The van der Waals surface area contributed by atoms with Gasteiger partial charge >= 0.3 is 10.4 Å². The molecule has 11 nitrogen and oxygen atoms in total. The summed E-state index contributed by atoms with van der Waals surface area (Å²) < 4.78 is 91.1. The van der Waals surface area contributed by atoms with Gasteiger partial charge in [0.05, 0.1) is 22.2 Å². The van der Waals surface area contributed by atoms with Gasteiger partial charge in [0, 0.05) is 18.0 Å². The highest BCUT2D eigenvalue weighted by molar-refractivity contribution is 7.91. The van der Waals surface area contributed by atoms with Gasteiger partial charge in [-0.3, -0.25) is 13.9 Å². The van der Waals surface area contributed by atoms with Crippen LogP contribution in [0.5, 0.6) is 0 Å². The van der Waals surface area contributed by atoms with Crippen LogP contribution in [0.15, 0.2) is 40.1 Å². The minimum atomic E-state index is -4.86. The lowest BCUT2D eigenvalue weighted by Crippen LogP contribution is -2.16. The third kappa shape index (κ3) is 5.70. The van der Waals surface area contributed by atoms with Crippen LogP contribution < -0.4 is 5.32 Å². The van der Waals surface area contributed by atoms with E-state index < -0.39 is 58.4 Å². The fraction of sp³-hybridized carbons (Fsp3) is 0.214. The number of hydrogen-bond donors (Lipinski definition) is 3. The van der Waals surface area contributed by atoms with Gasteiger partial charge in [-0.15, -0.1) is 0 Å². The summed E-state index contributed by atoms with van der Waals surface area (Å²) in [4.78, 5) is 9.95. The number of amides is 1. The molecule has 0 heterocycles. The van der Waals surface area contributed by atoms with Gasteiger partial charge in [0.15, 0.2) is 9.84 Å². The zero-order valence-electron chi connectivity index (χ0n) is 14.2. The predicted octanol–water partition coefficient (Wildman–Crippen LogP) is 0.638. The first-order chi connectivity index (χ1) is 12.7. The molecule has 0 aliphatic heterocycles. The second-order valence-electron chi connectivity index (χ2n) is 5.58. The van der Waals surface area contributed by atoms with E-state index in [9.17, 15) is 34.6 Å². The molecule has 154 valence electrons. The lowest BCUT2D eigenvalue weighted by Gasteiger charge is -2.12. The van der Waals surface area contributed by atoms with Crippen molar-refractivity contribution in [3.8, 4) is 0 Å². The summed E-state index contributed by atoms with van der Waals surface area (Å²) in [6.45, 7) is 0.326. The van der Waals surface area contributed by atoms with Crippen LogP contribution in [0.25, 0.3) is 10.8 Å². The Bertz CT molecular complexity index is 1250. The van der Waals surface area contributed by atoms with Crippen molar-refractivity contribution in [3.05, 3.63) is 30.3 Å². The van der Waals surface area contributed by atoms with E-state index in [0.29, 0.717) is 0 Å². The molecule has 0 unspecified atom stereocenters. The van der Waals surface area contributed by atoms with Crippen molar-refractivity contribution in [3.63, 3.8) is 0 Å². The normalized spacial score (nSPS) is 12.8. The predicted molar refractivity (Wildman–Crippen MR) is 97.6 cm³/mol. The fourth-order valence-electron chi connectivity index (χ4n) is 2.35. The molecule has 0 aliphatic rings. The van der Waals surface area contributed by atoms with Gasteiger partial charge in [-0.25, -0.2) is 12.6 Å². The van der Waals surface area contributed by atoms with E-state index in [1.165, 1.54) is 25.1 Å². The number of nitrogens with one attached hydrogen (secondary N) is 1. The number of benzene rings is 2. The molecule has 2 aromatic carbocycles. The molecule has 0 aliphatic carbocycles. The Balaban J connectivity index is 2.64. The quantitative estimate of drug-likeness (QED) is 0.503. The molecule has 0 saturated carbocycles. The summed E-state index contributed by atoms with van der Waals surface area (Å²) in [5.74, 6) is -1.31. The van der Waals surface area contributed by atoms with Crippen molar-refractivity contribution >= 4 is 52.7 Å². The Morgan fingerprint density at radius 2 is 1.68 bits per heavy atom. The van der Waals surface area contributed by atoms with Crippen molar-refractivity contribution in [2.75, 3.05) is 17.7 Å². The van der Waals surface area contributed by atoms with E-state index in [1.54, 1.807) is 0 Å². The second-order valence-corrected chi connectivity index (χ2v) is 10.2. The average molecular weight is 453 g/mol. The number of rotatable bonds is 7. The van der Waals surface area contributed by atoms with Crippen molar-refractivity contribution in [2.24, 2.45) is 0 Å². The van der Waals surface area contributed by atoms with Crippen LogP contribution in [0.2, 0.25) is 0 Å². The maximum Gasteiger partial charge on any atom is 0.397 e. The average Bonchev–Trinajstić information content (AvgIpc) is 2.50. The first-order valence-electron chi connectivity index (χ1n) is 7.36. The molecular formula is C14H15NO10S3. The van der Waals surface area contributed by atoms with Crippen molar-refractivity contribution < 1.29 is 43.3 Å². The maximum atomic E-state index is 12.6. The Morgan fingerprint density at radius 3 is 2.21 bits per heavy atom. The van der Waals surface area contributed by atoms with Crippen molar-refractivity contribution in [1.82, 2.24) is 0 Å². The molecular weight excluding hydrogens is 438 g/mol. The van der Waals surface area contributed by atoms with Crippen LogP contribution in [-0.2, 0) is 39.3 Å². The van der Waals surface area contributed by atoms with Crippen LogP contribution in [0.4, 0.5) is 5.69 Å². The molecule has 14 heteroatoms. The van der Waals surface area contributed by atoms with Gasteiger partial charge in [-0.1, -0.05) is 6.07 Å². The number of hydrogen-bond acceptors (Lipinski definition) is 8. The van der Waals surface area contributed by atoms with Gasteiger partial charge in [-0.2, -0.15) is 16.8 Å². The topological polar surface area (TPSA) is 181 Å². The smallest absolute Gasteiger partial charge is 0.326 e. The zero-order valence-corrected chi connectivity index (χ0v) is 16.6. The molecule has 0 aromatic heterocycles. The lowest BCUT2D eigenvalue weighted by molar-refractivity contribution is -0.114. The van der Waals surface area contributed by atoms with E-state index in [2.05, 4.69) is 9.50 Å². The molecule has 2 aromatic rings. The molecule has 3 N–H and O–H groups in total. The standard InChI is InChI=1S/C14H15NO10S3/c1-9(16)15-11-2-3-13-10(6-11)7-12(27(19,20)21)8-14(13)26(17,18)5-4-25-28(22,23)24/h2-3,6-8H,4-5H2,1H3,(H,15,16)(H,19,20,21)(H,22,23,24). The third-order valence-electron chi connectivity index (χ3n) is 3.43. The Hall–Kier alpha value is -2.10. The summed E-state index contributed by atoms with van der Waals surface area (Å²) in [5, 5.41) is 2.59. The minimum absolute atomic E-state index is 0.0633. The summed E-state index contributed by atoms with van der Waals surface area (Å²) in [6.07, 6.45) is 0. The SMILES string of the molecule is CC(=O)Nc1ccc2c(S(=O)(=O)CCOS(=O)(=O)O)cc(S(=O)(=O)O)cc2c1. The summed E-state index contributed by atoms with van der Waals surface area (Å²) in [7, 11) is -13.9. The minimum Gasteiger partial charge on any atom is -0.326 e. The monoisotopic (exact) mass is 453 g/mol. The number of anilines is 1. The van der Waals surface area contributed by atoms with Gasteiger partial charge in [0.25, 0.3) is 10.1 Å². The van der Waals surface area contributed by atoms with E-state index in [4.69, 9.17) is 4.55 Å². The highest BCUT2D eigenvalue weighted by Crippen LogP contribution is 2.30. The Labute approximate surface area is 160 Å². The first kappa shape index (κ1) is 22.2. The van der Waals surface area contributed by atoms with Crippen molar-refractivity contribution in [1.29, 1.82) is 0 Å². The summed E-state index contributed by atoms with van der Waals surface area (Å²) in [5.41, 5.74) is 0.255. The Morgan fingerprint density at radius 1 is 1.04 bits per heavy atom. The second kappa shape index (κ2) is 7.73. The molecule has 28 heavy (non-hydrogen) atoms. The maximum absolute atomic E-state index is 12.6. The Kier molecular flexibility index (Phi) is 6.13. The molecule has 0 saturated heterocycles. The lowest BCUT2D eigenvalue weighted by atomic mass is 10.1. The molecule has 0 bridgehead atoms. The van der Waals surface area contributed by atoms with Gasteiger partial charge in [-0.05, 0) is 29.7 Å². The summed E-state index contributed by atoms with van der Waals surface area (Å²) >= 11 is 0. The molecule has 2 rings (SSSR count). The van der Waals surface area contributed by atoms with Crippen LogP contribution >= 0.6 is 0 Å². The molecule has 0 fully saturated rings. The highest BCUT2D eigenvalue weighted by atomic mass is 32.3. The van der Waals surface area contributed by atoms with E-state index in [1.807, 2.05) is 0 Å². The fourth-order valence-corrected chi connectivity index (χ4v) is 4.72. The third-order valence-corrected chi connectivity index (χ3v) is 6.43. The number of fused-ring (bicyclic) bond motifs is 1. The van der Waals surface area contributed by atoms with Gasteiger partial charge < -0.3 is 5.32 Å². The van der Waals surface area contributed by atoms with Crippen LogP contribution in [0.1, 0.15) is 6.92 Å². The largest absolute Gasteiger partial charge is 0.397 e. The first-order valence-corrected chi connectivity index (χ1v) is 11.8. The summed E-state index contributed by atoms with van der Waals surface area (Å²) in [6, 6.07) is 5.73. The van der Waals surface area contributed by atoms with Crippen LogP contribution in [-0.4, -0.2) is 52.6 Å². The van der Waals surface area contributed by atoms with Gasteiger partial charge in [0.1, 0.15) is 0 Å². The van der Waals surface area contributed by atoms with Crippen LogP contribution in [0, 0.1) is 0 Å². The zero-order chi connectivity index (χ0) is 21.3. The number of sulfone groups is 1. The van der Waals surface area contributed by atoms with E-state index in [-0.39, 0.29) is 16.5 Å². The van der Waals surface area contributed by atoms with Crippen molar-refractivity contribution in [2.45, 2.75) is 16.7 Å². The highest BCUT2D eigenvalue weighted by Gasteiger charge is 2.23. The molecule has 1 amide bonds. The number of carbonyl (C=O) groups is 1. The number of carbonyl (C=O) groups excluding carboxylic acids is 1. The van der Waals surface area contributed by atoms with Gasteiger partial charge in [0.2, 0.25) is 5.91 Å². The molecule has 0 spiro atoms.